The maximum Gasteiger partial charge on any atom is 0.319 e. The van der Waals surface area contributed by atoms with Gasteiger partial charge in [0.1, 0.15) is 0 Å². The van der Waals surface area contributed by atoms with Gasteiger partial charge in [-0.2, -0.15) is 0 Å². The largest absolute Gasteiger partial charge is 0.378 e. The summed E-state index contributed by atoms with van der Waals surface area (Å²) >= 11 is 0. The number of hydrogen-bond donors (Lipinski definition) is 3. The van der Waals surface area contributed by atoms with Crippen LogP contribution in [-0.4, -0.2) is 48.8 Å². The minimum atomic E-state index is -0.202. The van der Waals surface area contributed by atoms with Gasteiger partial charge < -0.3 is 25.6 Å². The lowest BCUT2D eigenvalue weighted by molar-refractivity contribution is 0.122. The number of morpholine rings is 1. The van der Waals surface area contributed by atoms with E-state index >= 15 is 0 Å². The van der Waals surface area contributed by atoms with Gasteiger partial charge in [-0.1, -0.05) is 12.1 Å². The van der Waals surface area contributed by atoms with Gasteiger partial charge in [0.25, 0.3) is 0 Å². The quantitative estimate of drug-likeness (QED) is 0.723. The van der Waals surface area contributed by atoms with Crippen LogP contribution in [0.3, 0.4) is 0 Å². The van der Waals surface area contributed by atoms with Crippen molar-refractivity contribution in [2.45, 2.75) is 20.0 Å². The van der Waals surface area contributed by atoms with Crippen LogP contribution >= 0.6 is 12.4 Å². The normalized spacial score (nSPS) is 15.5. The first-order valence-corrected chi connectivity index (χ1v) is 9.33. The maximum atomic E-state index is 11.7. The van der Waals surface area contributed by atoms with Crippen LogP contribution in [0.4, 0.5) is 16.4 Å². The predicted octanol–water partition coefficient (Wildman–Crippen LogP) is 2.15. The highest BCUT2D eigenvalue weighted by Gasteiger charge is 2.23. The number of carbonyl (C=O) groups is 1. The molecule has 150 valence electrons. The zero-order valence-corrected chi connectivity index (χ0v) is 16.6. The lowest BCUT2D eigenvalue weighted by Crippen LogP contribution is -2.37. The van der Waals surface area contributed by atoms with Crippen LogP contribution in [0, 0.1) is 0 Å². The fourth-order valence-corrected chi connectivity index (χ4v) is 3.35. The summed E-state index contributed by atoms with van der Waals surface area (Å²) in [6.45, 7) is 7.03. The summed E-state index contributed by atoms with van der Waals surface area (Å²) in [6.07, 6.45) is 0. The Bertz CT molecular complexity index is 824. The van der Waals surface area contributed by atoms with Gasteiger partial charge in [-0.05, 0) is 19.1 Å². The Hall–Kier alpha value is -2.42. The number of fused-ring (bicyclic) bond motifs is 1. The van der Waals surface area contributed by atoms with Crippen LogP contribution in [0.1, 0.15) is 18.2 Å². The Morgan fingerprint density at radius 3 is 2.64 bits per heavy atom. The van der Waals surface area contributed by atoms with E-state index in [0.29, 0.717) is 19.8 Å². The average molecular weight is 405 g/mol. The Morgan fingerprint density at radius 2 is 1.93 bits per heavy atom. The molecule has 0 aliphatic carbocycles. The molecular weight excluding hydrogens is 380 g/mol. The molecule has 1 fully saturated rings. The SMILES string of the molecule is CCNC(=O)Nc1ccc(-c2nc(N3CCOCC3)nc3c2CNC3)cc1.Cl. The van der Waals surface area contributed by atoms with Crippen LogP contribution in [0.5, 0.6) is 0 Å². The van der Waals surface area contributed by atoms with E-state index in [1.54, 1.807) is 0 Å². The number of halogens is 1. The first kappa shape index (κ1) is 20.3. The second-order valence-corrected chi connectivity index (χ2v) is 6.56. The number of nitrogens with zero attached hydrogens (tertiary/aromatic N) is 3. The van der Waals surface area contributed by atoms with Gasteiger partial charge in [0.15, 0.2) is 0 Å². The van der Waals surface area contributed by atoms with E-state index in [1.807, 2.05) is 31.2 Å². The van der Waals surface area contributed by atoms with Crippen LogP contribution in [0.25, 0.3) is 11.3 Å². The van der Waals surface area contributed by atoms with Crippen molar-refractivity contribution in [3.8, 4) is 11.3 Å². The van der Waals surface area contributed by atoms with Crippen molar-refractivity contribution >= 4 is 30.1 Å². The third-order valence-electron chi connectivity index (χ3n) is 4.72. The fourth-order valence-electron chi connectivity index (χ4n) is 3.35. The van der Waals surface area contributed by atoms with Crippen LogP contribution in [0.15, 0.2) is 24.3 Å². The van der Waals surface area contributed by atoms with E-state index in [1.165, 1.54) is 0 Å². The zero-order valence-electron chi connectivity index (χ0n) is 15.8. The molecule has 4 rings (SSSR count). The first-order chi connectivity index (χ1) is 13.2. The number of benzene rings is 1. The molecule has 1 aromatic heterocycles. The van der Waals surface area contributed by atoms with Crippen molar-refractivity contribution in [3.63, 3.8) is 0 Å². The number of anilines is 2. The molecule has 0 saturated carbocycles. The average Bonchev–Trinajstić information content (AvgIpc) is 3.17. The molecule has 0 spiro atoms. The summed E-state index contributed by atoms with van der Waals surface area (Å²) in [5, 5.41) is 8.91. The van der Waals surface area contributed by atoms with E-state index < -0.39 is 0 Å². The maximum absolute atomic E-state index is 11.7. The molecule has 2 aliphatic rings. The highest BCUT2D eigenvalue weighted by Crippen LogP contribution is 2.30. The number of ether oxygens (including phenoxy) is 1. The lowest BCUT2D eigenvalue weighted by atomic mass is 10.1. The number of urea groups is 1. The van der Waals surface area contributed by atoms with Gasteiger partial charge in [0.05, 0.1) is 24.6 Å². The van der Waals surface area contributed by atoms with Crippen LogP contribution < -0.4 is 20.9 Å². The Balaban J connectivity index is 0.00000225. The van der Waals surface area contributed by atoms with E-state index in [-0.39, 0.29) is 18.4 Å². The first-order valence-electron chi connectivity index (χ1n) is 9.33. The van der Waals surface area contributed by atoms with Gasteiger partial charge in [-0.15, -0.1) is 12.4 Å². The Morgan fingerprint density at radius 1 is 1.18 bits per heavy atom. The van der Waals surface area contributed by atoms with Crippen molar-refractivity contribution in [2.75, 3.05) is 43.1 Å². The summed E-state index contributed by atoms with van der Waals surface area (Å²) < 4.78 is 5.44. The van der Waals surface area contributed by atoms with Crippen molar-refractivity contribution < 1.29 is 9.53 Å². The molecule has 28 heavy (non-hydrogen) atoms. The molecule has 2 aromatic rings. The lowest BCUT2D eigenvalue weighted by Gasteiger charge is -2.27. The Labute approximate surface area is 170 Å². The summed E-state index contributed by atoms with van der Waals surface area (Å²) in [6, 6.07) is 7.58. The highest BCUT2D eigenvalue weighted by molar-refractivity contribution is 5.89. The molecule has 3 N–H and O–H groups in total. The molecule has 1 aromatic carbocycles. The van der Waals surface area contributed by atoms with Crippen molar-refractivity contribution in [1.29, 1.82) is 0 Å². The second kappa shape index (κ2) is 9.18. The third-order valence-corrected chi connectivity index (χ3v) is 4.72. The molecule has 2 aliphatic heterocycles. The van der Waals surface area contributed by atoms with Gasteiger partial charge in [0, 0.05) is 49.5 Å². The molecule has 1 saturated heterocycles. The van der Waals surface area contributed by atoms with Gasteiger partial charge in [0.2, 0.25) is 5.95 Å². The summed E-state index contributed by atoms with van der Waals surface area (Å²) in [5.74, 6) is 0.764. The monoisotopic (exact) mass is 404 g/mol. The van der Waals surface area contributed by atoms with Gasteiger partial charge in [-0.25, -0.2) is 14.8 Å². The van der Waals surface area contributed by atoms with Crippen LogP contribution in [-0.2, 0) is 17.8 Å². The summed E-state index contributed by atoms with van der Waals surface area (Å²) in [4.78, 5) is 23.5. The highest BCUT2D eigenvalue weighted by atomic mass is 35.5. The standard InChI is InChI=1S/C19H24N6O2.ClH/c1-2-21-19(26)22-14-5-3-13(4-6-14)17-15-11-20-12-16(15)23-18(24-17)25-7-9-27-10-8-25;/h3-6,20H,2,7-12H2,1H3,(H2,21,22,26);1H. The summed E-state index contributed by atoms with van der Waals surface area (Å²) in [5.41, 5.74) is 4.94. The Kier molecular flexibility index (Phi) is 6.66. The van der Waals surface area contributed by atoms with Crippen molar-refractivity contribution in [3.05, 3.63) is 35.5 Å². The smallest absolute Gasteiger partial charge is 0.319 e. The number of nitrogens with one attached hydrogen (secondary N) is 3. The molecule has 0 radical (unpaired) electrons. The van der Waals surface area contributed by atoms with Gasteiger partial charge in [-0.3, -0.25) is 0 Å². The molecule has 0 atom stereocenters. The molecular formula is C19H25ClN6O2. The predicted molar refractivity (Wildman–Crippen MR) is 111 cm³/mol. The minimum Gasteiger partial charge on any atom is -0.378 e. The zero-order chi connectivity index (χ0) is 18.6. The molecule has 0 bridgehead atoms. The molecule has 0 unspecified atom stereocenters. The number of rotatable bonds is 4. The van der Waals surface area contributed by atoms with Crippen molar-refractivity contribution in [1.82, 2.24) is 20.6 Å². The third kappa shape index (κ3) is 4.35. The van der Waals surface area contributed by atoms with E-state index in [9.17, 15) is 4.79 Å². The van der Waals surface area contributed by atoms with E-state index in [0.717, 1.165) is 60.3 Å². The van der Waals surface area contributed by atoms with Gasteiger partial charge >= 0.3 is 6.03 Å². The number of aromatic nitrogens is 2. The molecule has 9 heteroatoms. The van der Waals surface area contributed by atoms with Crippen LogP contribution in [0.2, 0.25) is 0 Å². The topological polar surface area (TPSA) is 91.4 Å². The summed E-state index contributed by atoms with van der Waals surface area (Å²) in [7, 11) is 0. The number of amides is 2. The second-order valence-electron chi connectivity index (χ2n) is 6.56. The molecule has 3 heterocycles. The van der Waals surface area contributed by atoms with Crippen molar-refractivity contribution in [2.24, 2.45) is 0 Å². The molecule has 8 nitrogen and oxygen atoms in total. The molecule has 2 amide bonds. The minimum absolute atomic E-state index is 0. The van der Waals surface area contributed by atoms with E-state index in [2.05, 4.69) is 20.9 Å². The number of carbonyl (C=O) groups excluding carboxylic acids is 1. The fraction of sp³-hybridized carbons (Fsp3) is 0.421. The number of hydrogen-bond acceptors (Lipinski definition) is 6. The van der Waals surface area contributed by atoms with E-state index in [4.69, 9.17) is 14.7 Å².